The summed E-state index contributed by atoms with van der Waals surface area (Å²) in [6.45, 7) is 0. The molecule has 6 heteroatoms. The van der Waals surface area contributed by atoms with Crippen molar-refractivity contribution in [3.8, 4) is 0 Å². The van der Waals surface area contributed by atoms with Gasteiger partial charge < -0.3 is 0 Å². The van der Waals surface area contributed by atoms with Crippen LogP contribution in [-0.2, 0) is 9.68 Å². The van der Waals surface area contributed by atoms with Crippen LogP contribution in [0.3, 0.4) is 0 Å². The Kier molecular flexibility index (Phi) is 7.46. The summed E-state index contributed by atoms with van der Waals surface area (Å²) in [7, 11) is 0. The van der Waals surface area contributed by atoms with E-state index in [1.807, 2.05) is 45.2 Å². The summed E-state index contributed by atoms with van der Waals surface area (Å²) in [6, 6.07) is 0. The quantitative estimate of drug-likeness (QED) is 0.474. The number of rotatable bonds is 4. The predicted molar refractivity (Wildman–Crippen MR) is 43.6 cm³/mol. The van der Waals surface area contributed by atoms with Gasteiger partial charge in [0.25, 0.3) is 0 Å². The molecule has 0 aromatic heterocycles. The van der Waals surface area contributed by atoms with Gasteiger partial charge in [0.1, 0.15) is 9.23 Å². The predicted octanol–water partition coefficient (Wildman–Crippen LogP) is 1.33. The average molecular weight is 345 g/mol. The molecule has 0 saturated heterocycles. The van der Waals surface area contributed by atoms with E-state index in [2.05, 4.69) is 9.68 Å². The third-order valence-corrected chi connectivity index (χ3v) is 0.876. The van der Waals surface area contributed by atoms with Crippen molar-refractivity contribution in [1.29, 1.82) is 0 Å². The second-order valence-electron chi connectivity index (χ2n) is 0.714. The molecule has 0 aliphatic rings. The SMILES string of the molecule is ON(OCI)OCI. The van der Waals surface area contributed by atoms with Crippen LogP contribution in [0.2, 0.25) is 0 Å². The first-order valence-corrected chi connectivity index (χ1v) is 4.73. The van der Waals surface area contributed by atoms with Gasteiger partial charge in [-0.15, -0.1) is 0 Å². The van der Waals surface area contributed by atoms with Crippen molar-refractivity contribution >= 4 is 45.2 Å². The van der Waals surface area contributed by atoms with Gasteiger partial charge >= 0.3 is 0 Å². The highest BCUT2D eigenvalue weighted by Crippen LogP contribution is 1.92. The lowest BCUT2D eigenvalue weighted by Gasteiger charge is -2.08. The summed E-state index contributed by atoms with van der Waals surface area (Å²) in [5, 5.41) is 8.77. The number of alkyl halides is 2. The molecule has 0 fully saturated rings. The van der Waals surface area contributed by atoms with Crippen molar-refractivity contribution in [1.82, 2.24) is 5.39 Å². The van der Waals surface area contributed by atoms with E-state index in [4.69, 9.17) is 5.21 Å². The fourth-order valence-corrected chi connectivity index (χ4v) is 0.597. The van der Waals surface area contributed by atoms with E-state index in [1.54, 1.807) is 0 Å². The van der Waals surface area contributed by atoms with Crippen LogP contribution in [0.1, 0.15) is 0 Å². The van der Waals surface area contributed by atoms with Gasteiger partial charge in [0.15, 0.2) is 0 Å². The minimum Gasteiger partial charge on any atom is -0.266 e. The molecule has 50 valence electrons. The second kappa shape index (κ2) is 6.42. The van der Waals surface area contributed by atoms with E-state index in [0.29, 0.717) is 14.6 Å². The molecule has 0 bridgehead atoms. The largest absolute Gasteiger partial charge is 0.266 e. The molecule has 0 unspecified atom stereocenters. The Hall–Kier alpha value is 1.30. The van der Waals surface area contributed by atoms with Gasteiger partial charge in [-0.2, -0.15) is 0 Å². The molecule has 0 atom stereocenters. The molecule has 0 aromatic rings. The maximum atomic E-state index is 8.43. The fourth-order valence-electron chi connectivity index (χ4n) is 0.121. The van der Waals surface area contributed by atoms with E-state index in [-0.39, 0.29) is 0 Å². The molecule has 4 nitrogen and oxygen atoms in total. The molecule has 0 saturated carbocycles. The van der Waals surface area contributed by atoms with Crippen LogP contribution < -0.4 is 0 Å². The lowest BCUT2D eigenvalue weighted by molar-refractivity contribution is -0.495. The molecule has 0 rings (SSSR count). The second-order valence-corrected chi connectivity index (χ2v) is 1.96. The van der Waals surface area contributed by atoms with E-state index in [9.17, 15) is 0 Å². The third kappa shape index (κ3) is 5.44. The smallest absolute Gasteiger partial charge is 0.125 e. The molecule has 0 spiro atoms. The van der Waals surface area contributed by atoms with E-state index in [1.165, 1.54) is 0 Å². The zero-order valence-corrected chi connectivity index (χ0v) is 8.20. The number of hydrogen-bond donors (Lipinski definition) is 1. The Bertz CT molecular complexity index is 48.5. The molecule has 0 amide bonds. The summed E-state index contributed by atoms with van der Waals surface area (Å²) in [4.78, 5) is 8.86. The molecule has 0 radical (unpaired) electrons. The van der Waals surface area contributed by atoms with Crippen LogP contribution in [0.4, 0.5) is 0 Å². The maximum absolute atomic E-state index is 8.43. The van der Waals surface area contributed by atoms with Crippen LogP contribution >= 0.6 is 45.2 Å². The maximum Gasteiger partial charge on any atom is 0.125 e. The molecule has 1 N–H and O–H groups in total. The molecule has 0 aromatic carbocycles. The Labute approximate surface area is 74.3 Å². The first kappa shape index (κ1) is 9.30. The summed E-state index contributed by atoms with van der Waals surface area (Å²) in [6.07, 6.45) is 0. The Morgan fingerprint density at radius 2 is 1.62 bits per heavy atom. The number of hydrogen-bond acceptors (Lipinski definition) is 4. The van der Waals surface area contributed by atoms with E-state index >= 15 is 0 Å². The van der Waals surface area contributed by atoms with Crippen molar-refractivity contribution in [2.24, 2.45) is 0 Å². The normalized spacial score (nSPS) is 10.5. The van der Waals surface area contributed by atoms with E-state index in [0.717, 1.165) is 0 Å². The van der Waals surface area contributed by atoms with Gasteiger partial charge in [-0.1, -0.05) is 45.2 Å². The lowest BCUT2D eigenvalue weighted by atomic mass is 11.7. The Morgan fingerprint density at radius 3 is 1.88 bits per heavy atom. The van der Waals surface area contributed by atoms with Gasteiger partial charge in [0, 0.05) is 0 Å². The van der Waals surface area contributed by atoms with Crippen LogP contribution in [0.15, 0.2) is 0 Å². The van der Waals surface area contributed by atoms with Gasteiger partial charge in [-0.3, -0.25) is 5.21 Å². The minimum atomic E-state index is 0.346. The van der Waals surface area contributed by atoms with Gasteiger partial charge in [-0.05, 0) is 0 Å². The average Bonchev–Trinajstić information content (AvgIpc) is 1.68. The van der Waals surface area contributed by atoms with Gasteiger partial charge in [0.2, 0.25) is 0 Å². The van der Waals surface area contributed by atoms with Crippen molar-refractivity contribution in [2.45, 2.75) is 0 Å². The highest BCUT2D eigenvalue weighted by atomic mass is 127. The Balaban J connectivity index is 2.92. The fraction of sp³-hybridized carbons (Fsp3) is 1.00. The van der Waals surface area contributed by atoms with Crippen molar-refractivity contribution < 1.29 is 14.9 Å². The third-order valence-electron chi connectivity index (χ3n) is 0.318. The molecule has 0 aliphatic heterocycles. The number of nitrogens with zero attached hydrogens (tertiary/aromatic N) is 1. The molecule has 0 heterocycles. The van der Waals surface area contributed by atoms with Crippen LogP contribution in [0, 0.1) is 0 Å². The molecule has 0 aliphatic carbocycles. The van der Waals surface area contributed by atoms with Crippen molar-refractivity contribution in [3.05, 3.63) is 0 Å². The van der Waals surface area contributed by atoms with E-state index < -0.39 is 0 Å². The first-order chi connectivity index (χ1) is 3.81. The Morgan fingerprint density at radius 1 is 1.25 bits per heavy atom. The first-order valence-electron chi connectivity index (χ1n) is 1.68. The summed E-state index contributed by atoms with van der Waals surface area (Å²) in [5.74, 6) is 0. The zero-order valence-electron chi connectivity index (χ0n) is 3.88. The lowest BCUT2D eigenvalue weighted by Crippen LogP contribution is -2.18. The standard InChI is InChI=1S/C2H5I2NO3/c3-1-7-5(6)8-2-4/h6H,1-2H2. The molecular weight excluding hydrogens is 340 g/mol. The van der Waals surface area contributed by atoms with Crippen LogP contribution in [0.25, 0.3) is 0 Å². The monoisotopic (exact) mass is 345 g/mol. The highest BCUT2D eigenvalue weighted by Gasteiger charge is 1.94. The van der Waals surface area contributed by atoms with Crippen molar-refractivity contribution in [3.63, 3.8) is 0 Å². The molecule has 8 heavy (non-hydrogen) atoms. The van der Waals surface area contributed by atoms with Gasteiger partial charge in [-0.25, -0.2) is 9.68 Å². The van der Waals surface area contributed by atoms with Crippen LogP contribution in [-0.4, -0.2) is 19.8 Å². The zero-order chi connectivity index (χ0) is 6.41. The summed E-state index contributed by atoms with van der Waals surface area (Å²) < 4.78 is 0.732. The molecular formula is C2H5I2NO3. The summed E-state index contributed by atoms with van der Waals surface area (Å²) in [5.41, 5.74) is 0. The highest BCUT2D eigenvalue weighted by molar-refractivity contribution is 14.1. The van der Waals surface area contributed by atoms with Gasteiger partial charge in [0.05, 0.1) is 5.39 Å². The topological polar surface area (TPSA) is 41.9 Å². The van der Waals surface area contributed by atoms with Crippen molar-refractivity contribution in [2.75, 3.05) is 9.23 Å². The number of halogens is 2. The minimum absolute atomic E-state index is 0.346. The van der Waals surface area contributed by atoms with Crippen LogP contribution in [0.5, 0.6) is 0 Å². The summed E-state index contributed by atoms with van der Waals surface area (Å²) >= 11 is 3.87.